The number of allylic oxidation sites excluding steroid dienone is 1. The smallest absolute Gasteiger partial charge is 0.245 e. The van der Waals surface area contributed by atoms with Crippen molar-refractivity contribution >= 4 is 35.1 Å². The molecule has 4 nitrogen and oxygen atoms in total. The summed E-state index contributed by atoms with van der Waals surface area (Å²) in [4.78, 5) is 17.0. The van der Waals surface area contributed by atoms with E-state index in [0.29, 0.717) is 11.6 Å². The summed E-state index contributed by atoms with van der Waals surface area (Å²) in [6.45, 7) is 3.78. The van der Waals surface area contributed by atoms with Crippen molar-refractivity contribution in [3.05, 3.63) is 33.1 Å². The number of hydrogen-bond donors (Lipinski definition) is 2. The number of hydrogen-bond acceptors (Lipinski definition) is 4. The summed E-state index contributed by atoms with van der Waals surface area (Å²) in [6.07, 6.45) is 3.65. The maximum atomic E-state index is 11.7. The molecule has 0 radical (unpaired) electrons. The van der Waals surface area contributed by atoms with Crippen molar-refractivity contribution in [2.45, 2.75) is 26.1 Å². The van der Waals surface area contributed by atoms with E-state index in [2.05, 4.69) is 15.6 Å². The van der Waals surface area contributed by atoms with Crippen molar-refractivity contribution in [1.29, 1.82) is 0 Å². The second-order valence-electron chi connectivity index (χ2n) is 3.96. The molecule has 1 amide bonds. The molecule has 0 spiro atoms. The van der Waals surface area contributed by atoms with Crippen LogP contribution in [0.4, 0.5) is 0 Å². The Morgan fingerprint density at radius 1 is 1.67 bits per heavy atom. The quantitative estimate of drug-likeness (QED) is 0.837. The standard InChI is InChI=1S/C12H14ClN3OS/c1-3-10(17)16-12(11-8(2)5-7-18-11)14-6-4-9(13)15-12/h4-7,15H,3H2,1-2H3,(H,16,17). The number of nitrogens with one attached hydrogen (secondary N) is 2. The summed E-state index contributed by atoms with van der Waals surface area (Å²) in [7, 11) is 0. The van der Waals surface area contributed by atoms with Gasteiger partial charge in [-0.25, -0.2) is 4.99 Å². The maximum Gasteiger partial charge on any atom is 0.245 e. The average Bonchev–Trinajstić information content (AvgIpc) is 2.76. The van der Waals surface area contributed by atoms with Gasteiger partial charge in [0.05, 0.1) is 4.88 Å². The zero-order valence-electron chi connectivity index (χ0n) is 10.2. The van der Waals surface area contributed by atoms with Gasteiger partial charge < -0.3 is 10.6 Å². The first kappa shape index (κ1) is 13.1. The molecule has 2 heterocycles. The van der Waals surface area contributed by atoms with Crippen LogP contribution in [0.5, 0.6) is 0 Å². The molecular weight excluding hydrogens is 270 g/mol. The summed E-state index contributed by atoms with van der Waals surface area (Å²) >= 11 is 7.54. The van der Waals surface area contributed by atoms with Gasteiger partial charge >= 0.3 is 0 Å². The van der Waals surface area contributed by atoms with E-state index in [0.717, 1.165) is 10.4 Å². The molecule has 6 heteroatoms. The second-order valence-corrected chi connectivity index (χ2v) is 5.29. The molecule has 18 heavy (non-hydrogen) atoms. The van der Waals surface area contributed by atoms with Crippen molar-refractivity contribution in [1.82, 2.24) is 10.6 Å². The zero-order valence-corrected chi connectivity index (χ0v) is 11.7. The van der Waals surface area contributed by atoms with Crippen molar-refractivity contribution in [2.75, 3.05) is 0 Å². The Bertz CT molecular complexity index is 523. The number of carbonyl (C=O) groups excluding carboxylic acids is 1. The molecule has 1 aliphatic heterocycles. The summed E-state index contributed by atoms with van der Waals surface area (Å²) in [6, 6.07) is 1.99. The molecule has 0 saturated heterocycles. The number of halogens is 1. The Labute approximate surface area is 115 Å². The molecule has 2 N–H and O–H groups in total. The van der Waals surface area contributed by atoms with Gasteiger partial charge in [0.25, 0.3) is 0 Å². The third-order valence-electron chi connectivity index (χ3n) is 2.62. The van der Waals surface area contributed by atoms with E-state index in [1.807, 2.05) is 18.4 Å². The van der Waals surface area contributed by atoms with E-state index >= 15 is 0 Å². The average molecular weight is 284 g/mol. The van der Waals surface area contributed by atoms with Gasteiger partial charge in [-0.3, -0.25) is 4.79 Å². The number of thiophene rings is 1. The highest BCUT2D eigenvalue weighted by Crippen LogP contribution is 2.31. The topological polar surface area (TPSA) is 53.5 Å². The van der Waals surface area contributed by atoms with Gasteiger partial charge in [-0.15, -0.1) is 11.3 Å². The normalized spacial score (nSPS) is 22.3. The predicted molar refractivity (Wildman–Crippen MR) is 74.7 cm³/mol. The molecule has 1 aliphatic rings. The molecule has 96 valence electrons. The zero-order chi connectivity index (χ0) is 13.2. The Hall–Kier alpha value is -1.33. The van der Waals surface area contributed by atoms with Crippen molar-refractivity contribution in [2.24, 2.45) is 4.99 Å². The molecule has 0 bridgehead atoms. The van der Waals surface area contributed by atoms with Crippen LogP contribution in [-0.2, 0) is 10.6 Å². The van der Waals surface area contributed by atoms with Gasteiger partial charge in [0.2, 0.25) is 11.7 Å². The van der Waals surface area contributed by atoms with E-state index in [1.54, 1.807) is 19.2 Å². The number of aryl methyl sites for hydroxylation is 1. The minimum absolute atomic E-state index is 0.0844. The van der Waals surface area contributed by atoms with Crippen LogP contribution < -0.4 is 10.6 Å². The lowest BCUT2D eigenvalue weighted by Crippen LogP contribution is -2.54. The van der Waals surface area contributed by atoms with Crippen LogP contribution >= 0.6 is 22.9 Å². The lowest BCUT2D eigenvalue weighted by Gasteiger charge is -2.33. The predicted octanol–water partition coefficient (Wildman–Crippen LogP) is 2.45. The van der Waals surface area contributed by atoms with Crippen LogP contribution in [-0.4, -0.2) is 12.1 Å². The van der Waals surface area contributed by atoms with E-state index in [9.17, 15) is 4.79 Å². The largest absolute Gasteiger partial charge is 0.330 e. The number of nitrogens with zero attached hydrogens (tertiary/aromatic N) is 1. The monoisotopic (exact) mass is 283 g/mol. The minimum atomic E-state index is -0.975. The first-order valence-corrected chi connectivity index (χ1v) is 6.88. The first-order valence-electron chi connectivity index (χ1n) is 5.62. The van der Waals surface area contributed by atoms with Crippen molar-refractivity contribution < 1.29 is 4.79 Å². The van der Waals surface area contributed by atoms with Crippen molar-refractivity contribution in [3.63, 3.8) is 0 Å². The van der Waals surface area contributed by atoms with Gasteiger partial charge in [-0.05, 0) is 30.0 Å². The molecule has 0 saturated carbocycles. The lowest BCUT2D eigenvalue weighted by molar-refractivity contribution is -0.123. The Balaban J connectivity index is 2.41. The van der Waals surface area contributed by atoms with Crippen LogP contribution in [0.2, 0.25) is 0 Å². The molecule has 0 aliphatic carbocycles. The Morgan fingerprint density at radius 3 is 3.00 bits per heavy atom. The Morgan fingerprint density at radius 2 is 2.44 bits per heavy atom. The van der Waals surface area contributed by atoms with Crippen LogP contribution in [0.3, 0.4) is 0 Å². The summed E-state index contributed by atoms with van der Waals surface area (Å²) in [5.41, 5.74) is 1.06. The molecule has 2 rings (SSSR count). The summed E-state index contributed by atoms with van der Waals surface area (Å²) < 4.78 is 0. The van der Waals surface area contributed by atoms with Gasteiger partial charge in [-0.2, -0.15) is 0 Å². The van der Waals surface area contributed by atoms with E-state index in [-0.39, 0.29) is 5.91 Å². The van der Waals surface area contributed by atoms with Crippen LogP contribution in [0.25, 0.3) is 0 Å². The van der Waals surface area contributed by atoms with Crippen LogP contribution in [0.1, 0.15) is 23.8 Å². The minimum Gasteiger partial charge on any atom is -0.330 e. The summed E-state index contributed by atoms with van der Waals surface area (Å²) in [5, 5.41) is 8.36. The van der Waals surface area contributed by atoms with Gasteiger partial charge in [0.1, 0.15) is 5.16 Å². The molecule has 0 fully saturated rings. The number of amides is 1. The van der Waals surface area contributed by atoms with E-state index in [1.165, 1.54) is 11.3 Å². The Kier molecular flexibility index (Phi) is 3.73. The molecule has 0 aromatic carbocycles. The van der Waals surface area contributed by atoms with E-state index < -0.39 is 5.79 Å². The molecule has 1 aromatic heterocycles. The first-order chi connectivity index (χ1) is 8.57. The molecule has 1 atom stereocenters. The van der Waals surface area contributed by atoms with Crippen molar-refractivity contribution in [3.8, 4) is 0 Å². The lowest BCUT2D eigenvalue weighted by atomic mass is 10.1. The fourth-order valence-electron chi connectivity index (χ4n) is 1.73. The summed E-state index contributed by atoms with van der Waals surface area (Å²) in [5.74, 6) is -1.06. The van der Waals surface area contributed by atoms with Crippen LogP contribution in [0, 0.1) is 6.92 Å². The highest BCUT2D eigenvalue weighted by molar-refractivity contribution is 7.10. The van der Waals surface area contributed by atoms with Gasteiger partial charge in [0, 0.05) is 12.6 Å². The number of aliphatic imine (C=N–C) groups is 1. The fourth-order valence-corrected chi connectivity index (χ4v) is 2.91. The SMILES string of the molecule is CCC(=O)NC1(c2sccc2C)N=CC=C(Cl)N1. The van der Waals surface area contributed by atoms with Crippen LogP contribution in [0.15, 0.2) is 27.7 Å². The third-order valence-corrected chi connectivity index (χ3v) is 3.97. The van der Waals surface area contributed by atoms with Gasteiger partial charge in [-0.1, -0.05) is 18.5 Å². The highest BCUT2D eigenvalue weighted by Gasteiger charge is 2.36. The fraction of sp³-hybridized carbons (Fsp3) is 0.333. The highest BCUT2D eigenvalue weighted by atomic mass is 35.5. The number of rotatable bonds is 3. The third kappa shape index (κ3) is 2.42. The molecular formula is C12H14ClN3OS. The van der Waals surface area contributed by atoms with E-state index in [4.69, 9.17) is 11.6 Å². The number of carbonyl (C=O) groups is 1. The molecule has 1 aromatic rings. The maximum absolute atomic E-state index is 11.7. The molecule has 1 unspecified atom stereocenters. The second kappa shape index (κ2) is 5.12. The van der Waals surface area contributed by atoms with Gasteiger partial charge in [0.15, 0.2) is 0 Å².